The predicted molar refractivity (Wildman–Crippen MR) is 382 cm³/mol. The molecule has 0 radical (unpaired) electrons. The van der Waals surface area contributed by atoms with Crippen LogP contribution in [0.15, 0.2) is 333 Å². The minimum absolute atomic E-state index is 0.133. The first kappa shape index (κ1) is 61.1. The molecule has 0 amide bonds. The number of hydrogen-bond donors (Lipinski definition) is 0. The van der Waals surface area contributed by atoms with Crippen molar-refractivity contribution in [3.8, 4) is 46.0 Å². The van der Waals surface area contributed by atoms with E-state index >= 15 is 0 Å². The second-order valence-corrected chi connectivity index (χ2v) is 27.6. The fraction of sp³-hybridized carbons (Fsp3) is 0.0602. The maximum atomic E-state index is 13.8. The van der Waals surface area contributed by atoms with Crippen LogP contribution in [-0.2, 0) is 25.1 Å². The van der Waals surface area contributed by atoms with Crippen molar-refractivity contribution in [2.75, 3.05) is 0 Å². The molecule has 0 N–H and O–H groups in total. The molecular weight excluding hydrogens is 1220 g/mol. The average Bonchev–Trinajstić information content (AvgIpc) is 0.833. The highest BCUT2D eigenvalue weighted by atomic mass is 32.2. The highest BCUT2D eigenvalue weighted by Gasteiger charge is 2.25. The van der Waals surface area contributed by atoms with Gasteiger partial charge in [-0.1, -0.05) is 135 Å². The van der Waals surface area contributed by atoms with Crippen LogP contribution >= 0.6 is 0 Å². The Balaban J connectivity index is 0.553. The minimum Gasteiger partial charge on any atom is -0.457 e. The van der Waals surface area contributed by atoms with Crippen molar-refractivity contribution in [2.45, 2.75) is 52.7 Å². The number of fused-ring (bicyclic) bond motifs is 4. The summed E-state index contributed by atoms with van der Waals surface area (Å²) < 4.78 is 79.7. The molecule has 0 aliphatic heterocycles. The maximum Gasteiger partial charge on any atom is 0.206 e. The zero-order valence-corrected chi connectivity index (χ0v) is 54.0. The molecule has 14 aromatic carbocycles. The summed E-state index contributed by atoms with van der Waals surface area (Å²) in [4.78, 5) is 10.5. The van der Waals surface area contributed by atoms with Gasteiger partial charge in [0.2, 0.25) is 19.7 Å². The van der Waals surface area contributed by atoms with Crippen LogP contribution in [0.4, 0.5) is 11.4 Å². The molecule has 0 atom stereocenters. The van der Waals surface area contributed by atoms with Crippen molar-refractivity contribution in [3.63, 3.8) is 0 Å². The summed E-state index contributed by atoms with van der Waals surface area (Å²) in [5.41, 5.74) is 7.29. The van der Waals surface area contributed by atoms with Crippen molar-refractivity contribution in [1.82, 2.24) is 0 Å². The molecular formula is C83H62N2O8S2. The van der Waals surface area contributed by atoms with E-state index in [1.165, 1.54) is 0 Å². The van der Waals surface area contributed by atoms with Crippen LogP contribution in [0.2, 0.25) is 0 Å². The normalized spacial score (nSPS) is 12.3. The van der Waals surface area contributed by atoms with Gasteiger partial charge in [0.15, 0.2) is 0 Å². The van der Waals surface area contributed by atoms with Gasteiger partial charge in [-0.2, -0.15) is 0 Å². The third-order valence-corrected chi connectivity index (χ3v) is 20.7. The lowest BCUT2D eigenvalue weighted by molar-refractivity contribution is 0.480. The van der Waals surface area contributed by atoms with Gasteiger partial charge in [0.05, 0.1) is 31.0 Å². The van der Waals surface area contributed by atoms with Crippen LogP contribution in [0, 0.1) is 0 Å². The van der Waals surface area contributed by atoms with Gasteiger partial charge in [-0.15, -0.1) is 0 Å². The van der Waals surface area contributed by atoms with E-state index in [1.54, 1.807) is 97.1 Å². The molecule has 0 saturated carbocycles. The number of rotatable bonds is 18. The molecule has 14 aromatic rings. The van der Waals surface area contributed by atoms with Crippen molar-refractivity contribution < 1.29 is 35.8 Å². The quantitative estimate of drug-likeness (QED) is 0.0613. The zero-order valence-electron chi connectivity index (χ0n) is 52.3. The largest absolute Gasteiger partial charge is 0.457 e. The van der Waals surface area contributed by atoms with Crippen LogP contribution in [0.5, 0.6) is 46.0 Å². The fourth-order valence-corrected chi connectivity index (χ4v) is 14.6. The minimum atomic E-state index is -3.85. The summed E-state index contributed by atoms with van der Waals surface area (Å²) in [7, 11) is -7.69. The second kappa shape index (κ2) is 25.6. The predicted octanol–water partition coefficient (Wildman–Crippen LogP) is 21.7. The van der Waals surface area contributed by atoms with E-state index in [2.05, 4.69) is 123 Å². The summed E-state index contributed by atoms with van der Waals surface area (Å²) >= 11 is 0. The molecule has 0 bridgehead atoms. The van der Waals surface area contributed by atoms with Gasteiger partial charge in [0.1, 0.15) is 46.0 Å². The van der Waals surface area contributed by atoms with Gasteiger partial charge in [0, 0.05) is 28.0 Å². The smallest absolute Gasteiger partial charge is 0.206 e. The van der Waals surface area contributed by atoms with E-state index in [-0.39, 0.29) is 19.6 Å². The zero-order chi connectivity index (χ0) is 65.3. The Labute approximate surface area is 552 Å². The van der Waals surface area contributed by atoms with E-state index in [0.717, 1.165) is 88.1 Å². The molecule has 0 aliphatic carbocycles. The van der Waals surface area contributed by atoms with Gasteiger partial charge in [-0.05, 0) is 250 Å². The van der Waals surface area contributed by atoms with Gasteiger partial charge >= 0.3 is 0 Å². The number of aliphatic imine (C=N–C) groups is 2. The Hall–Kier alpha value is -11.4. The summed E-state index contributed by atoms with van der Waals surface area (Å²) in [5.74, 6) is 4.34. The van der Waals surface area contributed by atoms with E-state index in [0.29, 0.717) is 46.0 Å². The van der Waals surface area contributed by atoms with Crippen molar-refractivity contribution in [1.29, 1.82) is 0 Å². The summed E-state index contributed by atoms with van der Waals surface area (Å²) in [6.07, 6.45) is 0. The molecule has 0 saturated heterocycles. The number of ether oxygens (including phenoxy) is 4. The Bertz CT molecular complexity index is 5030. The van der Waals surface area contributed by atoms with Crippen molar-refractivity contribution in [2.24, 2.45) is 9.98 Å². The topological polar surface area (TPSA) is 130 Å². The Morgan fingerprint density at radius 2 is 0.495 bits per heavy atom. The van der Waals surface area contributed by atoms with Gasteiger partial charge in [-0.3, -0.25) is 9.98 Å². The highest BCUT2D eigenvalue weighted by molar-refractivity contribution is 7.91. The van der Waals surface area contributed by atoms with Crippen LogP contribution in [0.1, 0.15) is 49.9 Å². The van der Waals surface area contributed by atoms with Crippen LogP contribution in [0.25, 0.3) is 43.1 Å². The molecule has 0 unspecified atom stereocenters. The fourth-order valence-electron chi connectivity index (χ4n) is 12.1. The van der Waals surface area contributed by atoms with E-state index in [9.17, 15) is 16.8 Å². The lowest BCUT2D eigenvalue weighted by Gasteiger charge is -2.26. The maximum absolute atomic E-state index is 13.8. The monoisotopic (exact) mass is 1280 g/mol. The molecule has 464 valence electrons. The third-order valence-electron chi connectivity index (χ3n) is 17.2. The Morgan fingerprint density at radius 3 is 0.737 bits per heavy atom. The third kappa shape index (κ3) is 12.8. The standard InChI is InChI=1S/C83H62N2O8S2/c1-55(81-77-17-9-5-13-57(77)53-58-14-6-10-18-78(58)81)84-63-25-33-67(34-26-63)92-71-41-49-75(50-42-71)94(86,87)73-45-37-69(38-46-73)90-65-29-21-61(22-30-65)83(3,4)62-23-31-66(32-24-62)91-70-39-47-74(48-40-70)95(88,89)76-51-43-72(44-52-76)93-68-35-27-64(28-36-68)85-56(2)82-79-19-11-7-15-59(79)54-60-16-8-12-20-80(60)82/h5-54H,1-4H3. The summed E-state index contributed by atoms with van der Waals surface area (Å²) in [6, 6.07) is 94.0. The molecule has 12 heteroatoms. The number of sulfone groups is 2. The molecule has 0 aromatic heterocycles. The van der Waals surface area contributed by atoms with E-state index in [1.807, 2.05) is 111 Å². The number of nitrogens with zero attached hydrogens (tertiary/aromatic N) is 2. The summed E-state index contributed by atoms with van der Waals surface area (Å²) in [5, 5.41) is 9.25. The van der Waals surface area contributed by atoms with Crippen LogP contribution < -0.4 is 18.9 Å². The second-order valence-electron chi connectivity index (χ2n) is 23.7. The van der Waals surface area contributed by atoms with E-state index in [4.69, 9.17) is 28.9 Å². The highest BCUT2D eigenvalue weighted by Crippen LogP contribution is 2.38. The SMILES string of the molecule is CC(=Nc1ccc(Oc2ccc(S(=O)(=O)c3ccc(Oc4ccc(C(C)(C)c5ccc(Oc6ccc(S(=O)(=O)c7ccc(Oc8ccc(N=C(C)c9c%10ccccc%10cc%10ccccc9%10)cc8)cc7)cc6)cc5)cc4)cc3)cc2)cc1)c1c2ccccc2cc2ccccc12. The average molecular weight is 1280 g/mol. The van der Waals surface area contributed by atoms with Gasteiger partial charge in [0.25, 0.3) is 0 Å². The lowest BCUT2D eigenvalue weighted by atomic mass is 9.78. The molecule has 95 heavy (non-hydrogen) atoms. The molecule has 0 aliphatic rings. The van der Waals surface area contributed by atoms with E-state index < -0.39 is 25.1 Å². The molecule has 0 heterocycles. The van der Waals surface area contributed by atoms with Crippen LogP contribution in [-0.4, -0.2) is 28.3 Å². The molecule has 0 fully saturated rings. The molecule has 10 nitrogen and oxygen atoms in total. The van der Waals surface area contributed by atoms with Gasteiger partial charge < -0.3 is 18.9 Å². The Kier molecular flexibility index (Phi) is 16.4. The first-order valence-electron chi connectivity index (χ1n) is 31.0. The Morgan fingerprint density at radius 1 is 0.284 bits per heavy atom. The first-order valence-corrected chi connectivity index (χ1v) is 34.0. The van der Waals surface area contributed by atoms with Crippen LogP contribution in [0.3, 0.4) is 0 Å². The van der Waals surface area contributed by atoms with Crippen molar-refractivity contribution in [3.05, 3.63) is 326 Å². The summed E-state index contributed by atoms with van der Waals surface area (Å²) in [6.45, 7) is 8.34. The number of hydrogen-bond acceptors (Lipinski definition) is 10. The molecule has 14 rings (SSSR count). The first-order chi connectivity index (χ1) is 46.1. The number of benzene rings is 14. The van der Waals surface area contributed by atoms with Crippen molar-refractivity contribution >= 4 is 85.6 Å². The molecule has 0 spiro atoms. The van der Waals surface area contributed by atoms with Gasteiger partial charge in [-0.25, -0.2) is 16.8 Å². The lowest BCUT2D eigenvalue weighted by Crippen LogP contribution is -2.18.